The van der Waals surface area contributed by atoms with E-state index < -0.39 is 0 Å². The lowest BCUT2D eigenvalue weighted by molar-refractivity contribution is 0.0952. The molecular weight excluding hydrogens is 416 g/mol. The summed E-state index contributed by atoms with van der Waals surface area (Å²) in [6.45, 7) is 2.91. The molecule has 0 saturated heterocycles. The standard InChI is InChI=1S/C27H28N2O4/c1-4-33-25-13-12-18(15-26(25)32-3)22(23-17-28-24-11-6-5-10-21(23)24)16-29-27(30)19-8-7-9-20(14-19)31-2/h5-15,17,22,28H,4,16H2,1-3H3,(H,29,30). The molecule has 0 saturated carbocycles. The molecular formula is C27H28N2O4. The smallest absolute Gasteiger partial charge is 0.251 e. The first kappa shape index (κ1) is 22.3. The van der Waals surface area contributed by atoms with Crippen LogP contribution in [0.2, 0.25) is 0 Å². The van der Waals surface area contributed by atoms with Gasteiger partial charge in [-0.25, -0.2) is 0 Å². The Morgan fingerprint density at radius 1 is 0.970 bits per heavy atom. The van der Waals surface area contributed by atoms with Crippen LogP contribution in [-0.4, -0.2) is 38.3 Å². The lowest BCUT2D eigenvalue weighted by atomic mass is 9.90. The number of hydrogen-bond donors (Lipinski definition) is 2. The van der Waals surface area contributed by atoms with Crippen LogP contribution in [0, 0.1) is 0 Å². The van der Waals surface area contributed by atoms with E-state index in [1.807, 2.05) is 61.7 Å². The van der Waals surface area contributed by atoms with Crippen LogP contribution >= 0.6 is 0 Å². The molecule has 33 heavy (non-hydrogen) atoms. The van der Waals surface area contributed by atoms with Gasteiger partial charge in [0.05, 0.1) is 20.8 Å². The molecule has 0 aliphatic carbocycles. The molecule has 4 aromatic rings. The summed E-state index contributed by atoms with van der Waals surface area (Å²) in [6, 6.07) is 21.2. The molecule has 0 bridgehead atoms. The molecule has 0 aliphatic heterocycles. The number of aromatic amines is 1. The molecule has 1 heterocycles. The van der Waals surface area contributed by atoms with Gasteiger partial charge in [-0.2, -0.15) is 0 Å². The zero-order chi connectivity index (χ0) is 23.2. The minimum Gasteiger partial charge on any atom is -0.497 e. The van der Waals surface area contributed by atoms with Gasteiger partial charge in [0.15, 0.2) is 11.5 Å². The van der Waals surface area contributed by atoms with Gasteiger partial charge in [-0.1, -0.05) is 30.3 Å². The van der Waals surface area contributed by atoms with Crippen molar-refractivity contribution in [2.45, 2.75) is 12.8 Å². The predicted octanol–water partition coefficient (Wildman–Crippen LogP) is 5.15. The third-order valence-electron chi connectivity index (χ3n) is 5.69. The van der Waals surface area contributed by atoms with E-state index in [9.17, 15) is 4.79 Å². The lowest BCUT2D eigenvalue weighted by Gasteiger charge is -2.20. The van der Waals surface area contributed by atoms with Gasteiger partial charge < -0.3 is 24.5 Å². The maximum Gasteiger partial charge on any atom is 0.251 e. The van der Waals surface area contributed by atoms with Crippen molar-refractivity contribution in [1.29, 1.82) is 0 Å². The zero-order valence-electron chi connectivity index (χ0n) is 19.1. The molecule has 4 rings (SSSR count). The summed E-state index contributed by atoms with van der Waals surface area (Å²) < 4.78 is 16.5. The number of H-pyrrole nitrogens is 1. The number of carbonyl (C=O) groups is 1. The van der Waals surface area contributed by atoms with E-state index in [1.54, 1.807) is 26.4 Å². The fraction of sp³-hybridized carbons (Fsp3) is 0.222. The minimum absolute atomic E-state index is 0.0970. The Kier molecular flexibility index (Phi) is 6.83. The average molecular weight is 445 g/mol. The van der Waals surface area contributed by atoms with Crippen LogP contribution in [0.1, 0.15) is 34.3 Å². The molecule has 0 aliphatic rings. The molecule has 1 aromatic heterocycles. The fourth-order valence-corrected chi connectivity index (χ4v) is 4.03. The number of rotatable bonds is 9. The quantitative estimate of drug-likeness (QED) is 0.375. The minimum atomic E-state index is -0.156. The van der Waals surface area contributed by atoms with Crippen LogP contribution in [0.15, 0.2) is 72.9 Å². The highest BCUT2D eigenvalue weighted by atomic mass is 16.5. The van der Waals surface area contributed by atoms with Crippen LogP contribution in [-0.2, 0) is 0 Å². The molecule has 6 heteroatoms. The van der Waals surface area contributed by atoms with Crippen molar-refractivity contribution >= 4 is 16.8 Å². The Morgan fingerprint density at radius 2 is 1.82 bits per heavy atom. The van der Waals surface area contributed by atoms with Gasteiger partial charge in [0.2, 0.25) is 0 Å². The Bertz CT molecular complexity index is 1250. The number of amides is 1. The van der Waals surface area contributed by atoms with Crippen molar-refractivity contribution in [2.75, 3.05) is 27.4 Å². The van der Waals surface area contributed by atoms with Crippen molar-refractivity contribution in [2.24, 2.45) is 0 Å². The number of methoxy groups -OCH3 is 2. The first-order valence-corrected chi connectivity index (χ1v) is 10.9. The molecule has 170 valence electrons. The molecule has 1 amide bonds. The highest BCUT2D eigenvalue weighted by Crippen LogP contribution is 2.36. The van der Waals surface area contributed by atoms with Crippen molar-refractivity contribution in [3.8, 4) is 17.2 Å². The molecule has 0 fully saturated rings. The van der Waals surface area contributed by atoms with Gasteiger partial charge in [0.1, 0.15) is 5.75 Å². The van der Waals surface area contributed by atoms with E-state index in [1.165, 1.54) is 0 Å². The molecule has 0 radical (unpaired) electrons. The van der Waals surface area contributed by atoms with Crippen molar-refractivity contribution in [3.63, 3.8) is 0 Å². The fourth-order valence-electron chi connectivity index (χ4n) is 4.03. The van der Waals surface area contributed by atoms with Crippen LogP contribution < -0.4 is 19.5 Å². The predicted molar refractivity (Wildman–Crippen MR) is 130 cm³/mol. The maximum atomic E-state index is 12.9. The number of para-hydroxylation sites is 1. The third-order valence-corrected chi connectivity index (χ3v) is 5.69. The second kappa shape index (κ2) is 10.1. The molecule has 1 atom stereocenters. The molecule has 6 nitrogen and oxygen atoms in total. The Hall–Kier alpha value is -3.93. The van der Waals surface area contributed by atoms with Gasteiger partial charge in [-0.15, -0.1) is 0 Å². The van der Waals surface area contributed by atoms with E-state index in [4.69, 9.17) is 14.2 Å². The van der Waals surface area contributed by atoms with Gasteiger partial charge in [-0.3, -0.25) is 4.79 Å². The summed E-state index contributed by atoms with van der Waals surface area (Å²) >= 11 is 0. The molecule has 2 N–H and O–H groups in total. The number of hydrogen-bond acceptors (Lipinski definition) is 4. The van der Waals surface area contributed by atoms with E-state index >= 15 is 0 Å². The van der Waals surface area contributed by atoms with Gasteiger partial charge >= 0.3 is 0 Å². The summed E-state index contributed by atoms with van der Waals surface area (Å²) in [6.07, 6.45) is 2.01. The van der Waals surface area contributed by atoms with Crippen LogP contribution in [0.4, 0.5) is 0 Å². The summed E-state index contributed by atoms with van der Waals surface area (Å²) in [5, 5.41) is 4.22. The molecule has 3 aromatic carbocycles. The Morgan fingerprint density at radius 3 is 2.61 bits per heavy atom. The van der Waals surface area contributed by atoms with Crippen LogP contribution in [0.25, 0.3) is 10.9 Å². The Balaban J connectivity index is 1.68. The first-order valence-electron chi connectivity index (χ1n) is 10.9. The largest absolute Gasteiger partial charge is 0.497 e. The number of ether oxygens (including phenoxy) is 3. The normalized spacial score (nSPS) is 11.7. The third kappa shape index (κ3) is 4.80. The van der Waals surface area contributed by atoms with Crippen molar-refractivity contribution in [1.82, 2.24) is 10.3 Å². The van der Waals surface area contributed by atoms with E-state index in [0.717, 1.165) is 22.0 Å². The summed E-state index contributed by atoms with van der Waals surface area (Å²) in [5.74, 6) is 1.75. The number of carbonyl (C=O) groups excluding carboxylic acids is 1. The second-order valence-corrected chi connectivity index (χ2v) is 7.63. The van der Waals surface area contributed by atoms with Crippen LogP contribution in [0.5, 0.6) is 17.2 Å². The number of fused-ring (bicyclic) bond motifs is 1. The SMILES string of the molecule is CCOc1ccc(C(CNC(=O)c2cccc(OC)c2)c2c[nH]c3ccccc23)cc1OC. The Labute approximate surface area is 193 Å². The van der Waals surface area contributed by atoms with Crippen LogP contribution in [0.3, 0.4) is 0 Å². The van der Waals surface area contributed by atoms with Crippen molar-refractivity contribution < 1.29 is 19.0 Å². The maximum absolute atomic E-state index is 12.9. The van der Waals surface area contributed by atoms with E-state index in [-0.39, 0.29) is 11.8 Å². The van der Waals surface area contributed by atoms with E-state index in [0.29, 0.717) is 36.0 Å². The van der Waals surface area contributed by atoms with E-state index in [2.05, 4.69) is 16.4 Å². The van der Waals surface area contributed by atoms with Crippen molar-refractivity contribution in [3.05, 3.63) is 89.6 Å². The highest BCUT2D eigenvalue weighted by Gasteiger charge is 2.21. The monoisotopic (exact) mass is 444 g/mol. The number of aromatic nitrogens is 1. The number of nitrogens with one attached hydrogen (secondary N) is 2. The van der Waals surface area contributed by atoms with Gasteiger partial charge in [0.25, 0.3) is 5.91 Å². The zero-order valence-corrected chi connectivity index (χ0v) is 19.1. The second-order valence-electron chi connectivity index (χ2n) is 7.63. The molecule has 1 unspecified atom stereocenters. The average Bonchev–Trinajstić information content (AvgIpc) is 3.29. The topological polar surface area (TPSA) is 72.6 Å². The first-order chi connectivity index (χ1) is 16.1. The van der Waals surface area contributed by atoms with Gasteiger partial charge in [-0.05, 0) is 54.4 Å². The van der Waals surface area contributed by atoms with Gasteiger partial charge in [0, 0.05) is 35.1 Å². The highest BCUT2D eigenvalue weighted by molar-refractivity contribution is 5.94. The summed E-state index contributed by atoms with van der Waals surface area (Å²) in [4.78, 5) is 16.3. The molecule has 0 spiro atoms. The number of benzene rings is 3. The lowest BCUT2D eigenvalue weighted by Crippen LogP contribution is -2.29. The summed E-state index contributed by atoms with van der Waals surface area (Å²) in [7, 11) is 3.22. The summed E-state index contributed by atoms with van der Waals surface area (Å²) in [5.41, 5.74) is 3.72.